The molecule has 8 rings (SSSR count). The predicted octanol–water partition coefficient (Wildman–Crippen LogP) is 16.7. The normalized spacial score (nSPS) is 14.3. The van der Waals surface area contributed by atoms with E-state index in [1.807, 2.05) is 30.3 Å². The van der Waals surface area contributed by atoms with Crippen LogP contribution in [0.3, 0.4) is 0 Å². The third kappa shape index (κ3) is 10.0. The molecule has 6 aromatic carbocycles. The van der Waals surface area contributed by atoms with E-state index in [1.165, 1.54) is 5.56 Å². The van der Waals surface area contributed by atoms with Gasteiger partial charge in [-0.05, 0) is 90.8 Å². The van der Waals surface area contributed by atoms with Crippen LogP contribution in [0, 0.1) is 6.07 Å². The van der Waals surface area contributed by atoms with E-state index in [1.54, 1.807) is 0 Å². The minimum Gasteiger partial charge on any atom is -0.507 e. The summed E-state index contributed by atoms with van der Waals surface area (Å²) in [6.07, 6.45) is -0.521. The Morgan fingerprint density at radius 1 is 0.537 bits per heavy atom. The van der Waals surface area contributed by atoms with Crippen molar-refractivity contribution in [3.05, 3.63) is 167 Å². The van der Waals surface area contributed by atoms with Gasteiger partial charge in [0.05, 0.1) is 33.3 Å². The molecule has 0 saturated carbocycles. The van der Waals surface area contributed by atoms with Crippen LogP contribution < -0.4 is 0 Å². The average molecular weight is 1070 g/mol. The minimum absolute atomic E-state index is 0. The first-order valence-electron chi connectivity index (χ1n) is 26.9. The van der Waals surface area contributed by atoms with E-state index in [2.05, 4.69) is 174 Å². The first kappa shape index (κ1) is 39.4. The van der Waals surface area contributed by atoms with Crippen LogP contribution in [0.1, 0.15) is 143 Å². The Labute approximate surface area is 426 Å². The Bertz CT molecular complexity index is 3540. The number of rotatable bonds is 6. The monoisotopic (exact) mass is 1070 g/mol. The van der Waals surface area contributed by atoms with Crippen molar-refractivity contribution in [2.45, 2.75) is 131 Å². The molecule has 0 fully saturated rings. The standard InChI is InChI=1S/C62H68N3O.Pt/c1-58(2,3)44-26-24-40(25-27-44)49-36-45(59(4,5)6)28-29-53(49)65-54-23-19-22-48(55(54)64-57(65)50-37-47(61(10,11)12)38-51(56(50)66)62(13,14)15)42-32-43(34-46(33-42)60(7,8)9)52-35-41(30-31-63-52)39-20-17-16-18-21-39;/h16-31,33-38,66H,1-15H3;/q-1;/i16D,17D,18D,20D,21D,30D,31D,35D;. The molecule has 0 unspecified atom stereocenters. The van der Waals surface area contributed by atoms with Gasteiger partial charge in [-0.3, -0.25) is 9.55 Å². The second-order valence-corrected chi connectivity index (χ2v) is 22.8. The van der Waals surface area contributed by atoms with Crippen LogP contribution in [0.4, 0.5) is 0 Å². The number of pyridine rings is 1. The molecule has 0 radical (unpaired) electrons. The fourth-order valence-electron chi connectivity index (χ4n) is 8.35. The largest absolute Gasteiger partial charge is 0.507 e. The fraction of sp³-hybridized carbons (Fsp3) is 0.323. The molecular formula is C62H68N3OPt-. The number of fused-ring (bicyclic) bond motifs is 1. The average Bonchev–Trinajstić information content (AvgIpc) is 3.70. The van der Waals surface area contributed by atoms with Gasteiger partial charge in [0, 0.05) is 44.1 Å². The number of hydrogen-bond donors (Lipinski definition) is 1. The molecule has 0 saturated heterocycles. The van der Waals surface area contributed by atoms with Gasteiger partial charge in [-0.15, -0.1) is 29.3 Å². The third-order valence-corrected chi connectivity index (χ3v) is 12.5. The van der Waals surface area contributed by atoms with Gasteiger partial charge in [0.25, 0.3) is 0 Å². The van der Waals surface area contributed by atoms with Gasteiger partial charge in [0.1, 0.15) is 11.6 Å². The van der Waals surface area contributed by atoms with Gasteiger partial charge in [0.15, 0.2) is 0 Å². The Kier molecular flexibility index (Phi) is 10.5. The first-order valence-corrected chi connectivity index (χ1v) is 22.9. The number of para-hydroxylation sites is 1. The predicted molar refractivity (Wildman–Crippen MR) is 280 cm³/mol. The Hall–Kier alpha value is -5.57. The van der Waals surface area contributed by atoms with Crippen molar-refractivity contribution < 1.29 is 37.1 Å². The van der Waals surface area contributed by atoms with Crippen molar-refractivity contribution >= 4 is 11.0 Å². The van der Waals surface area contributed by atoms with Crippen molar-refractivity contribution in [3.63, 3.8) is 0 Å². The molecule has 0 aliphatic rings. The van der Waals surface area contributed by atoms with Crippen LogP contribution in [0.25, 0.3) is 72.7 Å². The molecule has 0 amide bonds. The molecular weight excluding hydrogens is 998 g/mol. The summed E-state index contributed by atoms with van der Waals surface area (Å²) in [6.45, 7) is 32.3. The fourth-order valence-corrected chi connectivity index (χ4v) is 8.35. The Balaban J connectivity index is 0.00000820. The zero-order valence-electron chi connectivity index (χ0n) is 49.7. The number of imidazole rings is 1. The van der Waals surface area contributed by atoms with E-state index in [-0.39, 0.29) is 65.9 Å². The maximum atomic E-state index is 12.7. The van der Waals surface area contributed by atoms with Crippen molar-refractivity contribution in [3.8, 4) is 67.5 Å². The summed E-state index contributed by atoms with van der Waals surface area (Å²) in [5, 5.41) is 12.7. The smallest absolute Gasteiger partial charge is 0.148 e. The van der Waals surface area contributed by atoms with Gasteiger partial charge >= 0.3 is 0 Å². The molecule has 0 atom stereocenters. The molecule has 0 aliphatic heterocycles. The molecule has 2 heterocycles. The summed E-state index contributed by atoms with van der Waals surface area (Å²) >= 11 is 0. The summed E-state index contributed by atoms with van der Waals surface area (Å²) in [5.74, 6) is 0.677. The number of aromatic nitrogens is 3. The van der Waals surface area contributed by atoms with E-state index in [0.717, 1.165) is 44.6 Å². The van der Waals surface area contributed by atoms with E-state index >= 15 is 0 Å². The van der Waals surface area contributed by atoms with Gasteiger partial charge < -0.3 is 5.11 Å². The molecule has 0 bridgehead atoms. The molecule has 1 N–H and O–H groups in total. The van der Waals surface area contributed by atoms with Crippen molar-refractivity contribution in [2.75, 3.05) is 0 Å². The van der Waals surface area contributed by atoms with Crippen LogP contribution in [0.5, 0.6) is 5.75 Å². The van der Waals surface area contributed by atoms with E-state index in [4.69, 9.17) is 14.6 Å². The van der Waals surface area contributed by atoms with Crippen LogP contribution in [-0.2, 0) is 48.1 Å². The van der Waals surface area contributed by atoms with Gasteiger partial charge in [-0.2, -0.15) is 0 Å². The van der Waals surface area contributed by atoms with Crippen LogP contribution in [-0.4, -0.2) is 19.6 Å². The third-order valence-electron chi connectivity index (χ3n) is 12.5. The van der Waals surface area contributed by atoms with Crippen molar-refractivity contribution in [2.24, 2.45) is 0 Å². The van der Waals surface area contributed by atoms with E-state index in [9.17, 15) is 6.48 Å². The molecule has 67 heavy (non-hydrogen) atoms. The first-order chi connectivity index (χ1) is 34.1. The van der Waals surface area contributed by atoms with Crippen LogP contribution in [0.2, 0.25) is 0 Å². The number of nitrogens with zero attached hydrogens (tertiary/aromatic N) is 3. The van der Waals surface area contributed by atoms with Crippen molar-refractivity contribution in [1.29, 1.82) is 0 Å². The maximum Gasteiger partial charge on any atom is 0.148 e. The van der Waals surface area contributed by atoms with Gasteiger partial charge in [-0.25, -0.2) is 4.98 Å². The number of phenols is 1. The summed E-state index contributed by atoms with van der Waals surface area (Å²) in [5.41, 5.74) is 9.42. The van der Waals surface area contributed by atoms with E-state index in [0.29, 0.717) is 33.6 Å². The zero-order chi connectivity index (χ0) is 54.7. The molecule has 0 aliphatic carbocycles. The van der Waals surface area contributed by atoms with Gasteiger partial charge in [-0.1, -0.05) is 200 Å². The Morgan fingerprint density at radius 2 is 1.12 bits per heavy atom. The summed E-state index contributed by atoms with van der Waals surface area (Å²) < 4.78 is 72.1. The number of hydrogen-bond acceptors (Lipinski definition) is 3. The molecule has 5 heteroatoms. The number of benzene rings is 6. The topological polar surface area (TPSA) is 50.9 Å². The Morgan fingerprint density at radius 3 is 1.73 bits per heavy atom. The maximum absolute atomic E-state index is 12.7. The van der Waals surface area contributed by atoms with Crippen molar-refractivity contribution in [1.82, 2.24) is 14.5 Å². The summed E-state index contributed by atoms with van der Waals surface area (Å²) in [7, 11) is 0. The summed E-state index contributed by atoms with van der Waals surface area (Å²) in [4.78, 5) is 10.1. The van der Waals surface area contributed by atoms with Gasteiger partial charge in [0.2, 0.25) is 0 Å². The summed E-state index contributed by atoms with van der Waals surface area (Å²) in [6, 6.07) is 29.1. The number of aromatic hydroxyl groups is 1. The molecule has 348 valence electrons. The SMILES string of the molecule is [2H]c1nc(-c2[c-]c(-c3cccc4c3nc(-c3cc(C(C)(C)C)cc(C(C)(C)C)c3O)n4-c3ccc(C(C)(C)C)cc3-c3ccc(C(C)(C)C)cc3)cc(C(C)(C)C)c2)c([2H])c(-c2c([2H])c([2H])c([2H])c([2H])c2[2H])c1[2H].[Pt]. The second kappa shape index (κ2) is 17.8. The van der Waals surface area contributed by atoms with Crippen LogP contribution >= 0.6 is 0 Å². The molecule has 0 spiro atoms. The quantitative estimate of drug-likeness (QED) is 0.169. The van der Waals surface area contributed by atoms with E-state index < -0.39 is 53.3 Å². The second-order valence-electron chi connectivity index (χ2n) is 22.8. The minimum atomic E-state index is -0.607. The van der Waals surface area contributed by atoms with Crippen LogP contribution in [0.15, 0.2) is 133 Å². The molecule has 4 nitrogen and oxygen atoms in total. The molecule has 8 aromatic rings. The number of phenolic OH excluding ortho intramolecular Hbond substituents is 1. The molecule has 2 aromatic heterocycles. The zero-order valence-corrected chi connectivity index (χ0v) is 44.0.